The number of benzene rings is 1. The number of rotatable bonds is 17. The molecule has 0 aliphatic rings. The Kier molecular flexibility index (Phi) is 13.4. The van der Waals surface area contributed by atoms with E-state index < -0.39 is 17.4 Å². The zero-order chi connectivity index (χ0) is 21.5. The lowest BCUT2D eigenvalue weighted by Gasteiger charge is -2.35. The first-order valence-corrected chi connectivity index (χ1v) is 11.5. The van der Waals surface area contributed by atoms with Crippen molar-refractivity contribution in [2.45, 2.75) is 103 Å². The average molecular weight is 413 g/mol. The topological polar surface area (TPSA) is 18.5 Å². The molecule has 0 spiro atoms. The molecule has 0 aliphatic carbocycles. The van der Waals surface area contributed by atoms with Crippen molar-refractivity contribution in [2.24, 2.45) is 5.92 Å². The zero-order valence-electron chi connectivity index (χ0n) is 19.1. The third kappa shape index (κ3) is 10.0. The van der Waals surface area contributed by atoms with Gasteiger partial charge in [0.2, 0.25) is 0 Å². The highest BCUT2D eigenvalue weighted by Crippen LogP contribution is 2.32. The minimum Gasteiger partial charge on any atom is -0.353 e. The molecule has 0 aliphatic heterocycles. The van der Waals surface area contributed by atoms with Crippen LogP contribution in [0, 0.1) is 17.6 Å². The predicted molar refractivity (Wildman–Crippen MR) is 117 cm³/mol. The normalized spacial score (nSPS) is 13.0. The van der Waals surface area contributed by atoms with E-state index in [1.165, 1.54) is 50.7 Å². The van der Waals surface area contributed by atoms with Gasteiger partial charge in [0.25, 0.3) is 0 Å². The van der Waals surface area contributed by atoms with Crippen LogP contribution in [0.4, 0.5) is 8.78 Å². The summed E-state index contributed by atoms with van der Waals surface area (Å²) in [6, 6.07) is 4.21. The minimum atomic E-state index is -0.774. The van der Waals surface area contributed by atoms with E-state index in [1.807, 2.05) is 0 Å². The van der Waals surface area contributed by atoms with Gasteiger partial charge in [0, 0.05) is 20.1 Å². The van der Waals surface area contributed by atoms with Gasteiger partial charge < -0.3 is 9.47 Å². The summed E-state index contributed by atoms with van der Waals surface area (Å²) >= 11 is 0. The maximum Gasteiger partial charge on any atom is 0.167 e. The first-order chi connectivity index (χ1) is 14.0. The number of halogens is 2. The molecule has 168 valence electrons. The highest BCUT2D eigenvalue weighted by Gasteiger charge is 2.33. The lowest BCUT2D eigenvalue weighted by Crippen LogP contribution is -2.39. The van der Waals surface area contributed by atoms with E-state index in [1.54, 1.807) is 20.3 Å². The van der Waals surface area contributed by atoms with Gasteiger partial charge in [-0.2, -0.15) is 0 Å². The second kappa shape index (κ2) is 14.9. The Bertz CT molecular complexity index is 544. The van der Waals surface area contributed by atoms with Crippen LogP contribution in [0.15, 0.2) is 18.2 Å². The van der Waals surface area contributed by atoms with Gasteiger partial charge in [-0.15, -0.1) is 0 Å². The Labute approximate surface area is 177 Å². The van der Waals surface area contributed by atoms with Gasteiger partial charge >= 0.3 is 0 Å². The molecule has 2 nitrogen and oxygen atoms in total. The Hall–Kier alpha value is -1.00. The fourth-order valence-electron chi connectivity index (χ4n) is 4.03. The molecule has 1 aromatic carbocycles. The minimum absolute atomic E-state index is 0.398. The first-order valence-electron chi connectivity index (χ1n) is 11.5. The summed E-state index contributed by atoms with van der Waals surface area (Å²) in [5.41, 5.74) is 0.871. The summed E-state index contributed by atoms with van der Waals surface area (Å²) in [5.74, 6) is -1.65. The number of ether oxygens (including phenoxy) is 2. The molecule has 0 aromatic heterocycles. The quantitative estimate of drug-likeness (QED) is 0.192. The van der Waals surface area contributed by atoms with Crippen molar-refractivity contribution >= 4 is 0 Å². The Morgan fingerprint density at radius 2 is 1.34 bits per heavy atom. The molecular weight excluding hydrogens is 370 g/mol. The van der Waals surface area contributed by atoms with Crippen molar-refractivity contribution in [1.29, 1.82) is 0 Å². The van der Waals surface area contributed by atoms with Crippen LogP contribution in [0.2, 0.25) is 0 Å². The van der Waals surface area contributed by atoms with Crippen molar-refractivity contribution in [3.05, 3.63) is 35.4 Å². The van der Waals surface area contributed by atoms with Crippen molar-refractivity contribution in [3.8, 4) is 0 Å². The second-order valence-corrected chi connectivity index (χ2v) is 8.38. The Morgan fingerprint density at radius 3 is 1.90 bits per heavy atom. The maximum absolute atomic E-state index is 13.3. The third-order valence-corrected chi connectivity index (χ3v) is 6.21. The molecule has 1 rings (SSSR count). The molecule has 1 unspecified atom stereocenters. The van der Waals surface area contributed by atoms with Crippen molar-refractivity contribution < 1.29 is 18.3 Å². The molecule has 0 saturated carbocycles. The van der Waals surface area contributed by atoms with Gasteiger partial charge in [-0.3, -0.25) is 0 Å². The smallest absolute Gasteiger partial charge is 0.167 e. The van der Waals surface area contributed by atoms with Crippen LogP contribution >= 0.6 is 0 Å². The fraction of sp³-hybridized carbons (Fsp3) is 0.760. The van der Waals surface area contributed by atoms with Gasteiger partial charge in [0.1, 0.15) is 0 Å². The predicted octanol–water partition coefficient (Wildman–Crippen LogP) is 7.83. The van der Waals surface area contributed by atoms with E-state index in [0.717, 1.165) is 50.5 Å². The lowest BCUT2D eigenvalue weighted by atomic mass is 9.87. The molecule has 0 amide bonds. The summed E-state index contributed by atoms with van der Waals surface area (Å²) in [4.78, 5) is 0. The van der Waals surface area contributed by atoms with Gasteiger partial charge in [-0.1, -0.05) is 70.8 Å². The number of aryl methyl sites for hydroxylation is 1. The van der Waals surface area contributed by atoms with Crippen molar-refractivity contribution in [3.63, 3.8) is 0 Å². The van der Waals surface area contributed by atoms with Gasteiger partial charge in [-0.05, 0) is 50.3 Å². The van der Waals surface area contributed by atoms with Crippen LogP contribution in [0.25, 0.3) is 0 Å². The molecule has 1 aromatic rings. The summed E-state index contributed by atoms with van der Waals surface area (Å²) in [6.45, 7) is 4.30. The van der Waals surface area contributed by atoms with Crippen LogP contribution in [0.3, 0.4) is 0 Å². The number of hydrogen-bond donors (Lipinski definition) is 0. The first kappa shape index (κ1) is 26.0. The molecule has 0 fully saturated rings. The van der Waals surface area contributed by atoms with Gasteiger partial charge in [0.15, 0.2) is 17.4 Å². The average Bonchev–Trinajstić information content (AvgIpc) is 2.73. The lowest BCUT2D eigenvalue weighted by molar-refractivity contribution is -0.230. The third-order valence-electron chi connectivity index (χ3n) is 6.21. The Balaban J connectivity index is 2.32. The van der Waals surface area contributed by atoms with E-state index in [2.05, 4.69) is 13.8 Å². The number of methoxy groups -OCH3 is 2. The van der Waals surface area contributed by atoms with E-state index in [0.29, 0.717) is 5.92 Å². The van der Waals surface area contributed by atoms with Crippen LogP contribution in [-0.2, 0) is 15.9 Å². The SMILES string of the molecule is CCCCCCCCC(CCCCCCc1ccc(F)c(F)c1)C(C)(OC)OC. The van der Waals surface area contributed by atoms with Gasteiger partial charge in [0.05, 0.1) is 0 Å². The van der Waals surface area contributed by atoms with E-state index >= 15 is 0 Å². The summed E-state index contributed by atoms with van der Waals surface area (Å²) in [7, 11) is 3.47. The van der Waals surface area contributed by atoms with Crippen molar-refractivity contribution in [2.75, 3.05) is 14.2 Å². The van der Waals surface area contributed by atoms with Crippen LogP contribution in [0.5, 0.6) is 0 Å². The van der Waals surface area contributed by atoms with Crippen molar-refractivity contribution in [1.82, 2.24) is 0 Å². The summed E-state index contributed by atoms with van der Waals surface area (Å²) in [6.07, 6.45) is 15.2. The monoisotopic (exact) mass is 412 g/mol. The second-order valence-electron chi connectivity index (χ2n) is 8.38. The molecule has 29 heavy (non-hydrogen) atoms. The molecule has 0 bridgehead atoms. The van der Waals surface area contributed by atoms with Crippen LogP contribution in [0.1, 0.15) is 96.5 Å². The summed E-state index contributed by atoms with van der Waals surface area (Å²) in [5, 5.41) is 0. The fourth-order valence-corrected chi connectivity index (χ4v) is 4.03. The molecule has 1 atom stereocenters. The largest absolute Gasteiger partial charge is 0.353 e. The van der Waals surface area contributed by atoms with E-state index in [9.17, 15) is 8.78 Å². The summed E-state index contributed by atoms with van der Waals surface area (Å²) < 4.78 is 37.7. The highest BCUT2D eigenvalue weighted by molar-refractivity contribution is 5.17. The molecule has 0 heterocycles. The molecular formula is C25H42F2O2. The molecule has 0 radical (unpaired) electrons. The number of unbranched alkanes of at least 4 members (excludes halogenated alkanes) is 8. The maximum atomic E-state index is 13.3. The van der Waals surface area contributed by atoms with Gasteiger partial charge in [-0.25, -0.2) is 8.78 Å². The Morgan fingerprint density at radius 1 is 0.793 bits per heavy atom. The number of hydrogen-bond acceptors (Lipinski definition) is 2. The molecule has 0 saturated heterocycles. The van der Waals surface area contributed by atoms with Crippen LogP contribution < -0.4 is 0 Å². The van der Waals surface area contributed by atoms with Crippen LogP contribution in [-0.4, -0.2) is 20.0 Å². The van der Waals surface area contributed by atoms with E-state index in [4.69, 9.17) is 9.47 Å². The highest BCUT2D eigenvalue weighted by atomic mass is 19.2. The van der Waals surface area contributed by atoms with E-state index in [-0.39, 0.29) is 0 Å². The standard InChI is InChI=1S/C25H42F2O2/c1-5-6-7-8-9-13-16-22(25(2,28-3)29-4)17-14-11-10-12-15-21-18-19-23(26)24(27)20-21/h18-20,22H,5-17H2,1-4H3. The molecule has 4 heteroatoms. The zero-order valence-corrected chi connectivity index (χ0v) is 19.1. The molecule has 0 N–H and O–H groups in total.